The van der Waals surface area contributed by atoms with Crippen LogP contribution in [0.5, 0.6) is 0 Å². The highest BCUT2D eigenvalue weighted by molar-refractivity contribution is 5.78. The molecule has 1 aromatic carbocycles. The lowest BCUT2D eigenvalue weighted by Crippen LogP contribution is -2.43. The number of nitro benzene ring substituents is 1. The van der Waals surface area contributed by atoms with Crippen molar-refractivity contribution in [2.75, 3.05) is 10.6 Å². The van der Waals surface area contributed by atoms with Gasteiger partial charge in [0.25, 0.3) is 5.69 Å². The molecule has 9 nitrogen and oxygen atoms in total. The molecule has 0 fully saturated rings. The molecular weight excluding hydrogens is 278 g/mol. The monoisotopic (exact) mass is 291 g/mol. The van der Waals surface area contributed by atoms with E-state index >= 15 is 0 Å². The highest BCUT2D eigenvalue weighted by atomic mass is 16.6. The summed E-state index contributed by atoms with van der Waals surface area (Å²) in [5, 5.41) is 39.7. The van der Waals surface area contributed by atoms with Crippen molar-refractivity contribution in [3.8, 4) is 0 Å². The van der Waals surface area contributed by atoms with Crippen LogP contribution in [-0.4, -0.2) is 37.4 Å². The number of non-ortho nitro benzene ring substituents is 1. The van der Waals surface area contributed by atoms with Crippen molar-refractivity contribution >= 4 is 17.1 Å². The molecule has 0 bridgehead atoms. The molecule has 1 aromatic heterocycles. The van der Waals surface area contributed by atoms with Gasteiger partial charge in [-0.3, -0.25) is 14.8 Å². The fourth-order valence-corrected chi connectivity index (χ4v) is 2.23. The maximum Gasteiger partial charge on any atom is 0.271 e. The number of aliphatic hydroxyl groups excluding tert-OH is 2. The summed E-state index contributed by atoms with van der Waals surface area (Å²) in [5.41, 5.74) is 1.35. The van der Waals surface area contributed by atoms with Gasteiger partial charge < -0.3 is 20.8 Å². The lowest BCUT2D eigenvalue weighted by molar-refractivity contribution is -0.384. The fraction of sp³-hybridized carbons (Fsp3) is 0.250. The summed E-state index contributed by atoms with van der Waals surface area (Å²) in [6.07, 6.45) is 0.897. The Morgan fingerprint density at radius 3 is 2.76 bits per heavy atom. The minimum absolute atomic E-state index is 0.103. The van der Waals surface area contributed by atoms with Crippen LogP contribution >= 0.6 is 0 Å². The normalized spacial score (nSPS) is 20.3. The molecule has 3 rings (SSSR count). The summed E-state index contributed by atoms with van der Waals surface area (Å²) in [4.78, 5) is 10.5. The van der Waals surface area contributed by atoms with Crippen LogP contribution < -0.4 is 10.6 Å². The zero-order valence-electron chi connectivity index (χ0n) is 10.8. The van der Waals surface area contributed by atoms with E-state index in [2.05, 4.69) is 15.7 Å². The van der Waals surface area contributed by atoms with Crippen LogP contribution in [0.1, 0.15) is 5.56 Å². The van der Waals surface area contributed by atoms with E-state index in [-0.39, 0.29) is 5.69 Å². The van der Waals surface area contributed by atoms with Crippen molar-refractivity contribution in [1.29, 1.82) is 0 Å². The van der Waals surface area contributed by atoms with Crippen molar-refractivity contribution in [3.05, 3.63) is 46.3 Å². The van der Waals surface area contributed by atoms with E-state index in [4.69, 9.17) is 0 Å². The largest absolute Gasteiger partial charge is 0.369 e. The van der Waals surface area contributed by atoms with Gasteiger partial charge in [0.05, 0.1) is 22.8 Å². The highest BCUT2D eigenvalue weighted by Crippen LogP contribution is 2.35. The quantitative estimate of drug-likeness (QED) is 0.473. The van der Waals surface area contributed by atoms with Gasteiger partial charge in [0, 0.05) is 30.1 Å². The van der Waals surface area contributed by atoms with Gasteiger partial charge in [-0.2, -0.15) is 5.10 Å². The number of rotatable bonds is 3. The molecule has 0 amide bonds. The average Bonchev–Trinajstić information content (AvgIpc) is 2.93. The van der Waals surface area contributed by atoms with Gasteiger partial charge in [0.1, 0.15) is 0 Å². The van der Waals surface area contributed by atoms with Crippen LogP contribution in [0.15, 0.2) is 30.6 Å². The van der Waals surface area contributed by atoms with Gasteiger partial charge in [-0.15, -0.1) is 0 Å². The molecule has 4 N–H and O–H groups in total. The van der Waals surface area contributed by atoms with Crippen molar-refractivity contribution in [3.63, 3.8) is 0 Å². The number of hydrogen-bond donors (Lipinski definition) is 4. The number of fused-ring (bicyclic) bond motifs is 1. The molecule has 0 aliphatic carbocycles. The number of anilines is 2. The summed E-state index contributed by atoms with van der Waals surface area (Å²) >= 11 is 0. The predicted molar refractivity (Wildman–Crippen MR) is 73.7 cm³/mol. The van der Waals surface area contributed by atoms with Crippen molar-refractivity contribution in [2.45, 2.75) is 19.0 Å². The number of aromatic nitrogens is 2. The summed E-state index contributed by atoms with van der Waals surface area (Å²) in [7, 11) is 0. The molecule has 0 saturated carbocycles. The molecule has 1 aliphatic heterocycles. The van der Waals surface area contributed by atoms with E-state index < -0.39 is 17.4 Å². The maximum atomic E-state index is 11.0. The van der Waals surface area contributed by atoms with E-state index in [0.717, 1.165) is 0 Å². The van der Waals surface area contributed by atoms with Crippen molar-refractivity contribution in [2.24, 2.45) is 0 Å². The molecule has 21 heavy (non-hydrogen) atoms. The molecule has 9 heteroatoms. The molecule has 1 aliphatic rings. The molecule has 110 valence electrons. The minimum Gasteiger partial charge on any atom is -0.369 e. The zero-order valence-corrected chi connectivity index (χ0v) is 10.8. The molecule has 0 saturated heterocycles. The van der Waals surface area contributed by atoms with Crippen molar-refractivity contribution < 1.29 is 15.1 Å². The predicted octanol–water partition coefficient (Wildman–Crippen LogP) is 0.314. The Hall–Kier alpha value is -2.65. The van der Waals surface area contributed by atoms with Gasteiger partial charge in [0.15, 0.2) is 12.5 Å². The summed E-state index contributed by atoms with van der Waals surface area (Å²) in [5.74, 6) is 0. The SMILES string of the molecule is O=[N+]([O-])c1cc(Cn2cccn2)c2c(c1)NC(O)C(O)N2. The molecular formula is C12H13N5O4. The maximum absolute atomic E-state index is 11.0. The van der Waals surface area contributed by atoms with Crippen LogP contribution in [0.25, 0.3) is 0 Å². The second kappa shape index (κ2) is 5.04. The van der Waals surface area contributed by atoms with Gasteiger partial charge in [-0.1, -0.05) is 0 Å². The number of benzene rings is 1. The number of nitrogens with zero attached hydrogens (tertiary/aromatic N) is 3. The first-order chi connectivity index (χ1) is 10.0. The lowest BCUT2D eigenvalue weighted by Gasteiger charge is -2.30. The van der Waals surface area contributed by atoms with Crippen LogP contribution in [-0.2, 0) is 6.54 Å². The topological polar surface area (TPSA) is 125 Å². The Morgan fingerprint density at radius 1 is 1.33 bits per heavy atom. The van der Waals surface area contributed by atoms with E-state index in [1.165, 1.54) is 12.1 Å². The van der Waals surface area contributed by atoms with E-state index in [1.54, 1.807) is 23.1 Å². The Bertz CT molecular complexity index is 673. The third kappa shape index (κ3) is 2.51. The minimum atomic E-state index is -1.24. The van der Waals surface area contributed by atoms with E-state index in [0.29, 0.717) is 23.5 Å². The van der Waals surface area contributed by atoms with Crippen LogP contribution in [0.4, 0.5) is 17.1 Å². The van der Waals surface area contributed by atoms with Crippen LogP contribution in [0.2, 0.25) is 0 Å². The average molecular weight is 291 g/mol. The first kappa shape index (κ1) is 13.3. The summed E-state index contributed by atoms with van der Waals surface area (Å²) < 4.78 is 1.61. The highest BCUT2D eigenvalue weighted by Gasteiger charge is 2.27. The zero-order chi connectivity index (χ0) is 15.0. The lowest BCUT2D eigenvalue weighted by atomic mass is 10.1. The number of hydrogen-bond acceptors (Lipinski definition) is 7. The van der Waals surface area contributed by atoms with Crippen molar-refractivity contribution in [1.82, 2.24) is 9.78 Å². The van der Waals surface area contributed by atoms with Gasteiger partial charge in [0.2, 0.25) is 0 Å². The fourth-order valence-electron chi connectivity index (χ4n) is 2.23. The summed E-state index contributed by atoms with van der Waals surface area (Å²) in [6.45, 7) is 0.300. The van der Waals surface area contributed by atoms with Gasteiger partial charge in [-0.25, -0.2) is 0 Å². The van der Waals surface area contributed by atoms with Gasteiger partial charge in [-0.05, 0) is 6.07 Å². The molecule has 0 spiro atoms. The first-order valence-corrected chi connectivity index (χ1v) is 6.22. The standard InChI is InChI=1S/C12H13N5O4/c18-11-12(19)15-10-7(6-16-3-1-2-13-16)4-8(17(20)21)5-9(10)14-11/h1-5,11-12,14-15,18-19H,6H2. The van der Waals surface area contributed by atoms with E-state index in [9.17, 15) is 20.3 Å². The smallest absolute Gasteiger partial charge is 0.271 e. The third-order valence-electron chi connectivity index (χ3n) is 3.20. The Labute approximate surface area is 119 Å². The number of nitrogens with one attached hydrogen (secondary N) is 2. The molecule has 2 atom stereocenters. The third-order valence-corrected chi connectivity index (χ3v) is 3.20. The molecule has 2 unspecified atom stereocenters. The Balaban J connectivity index is 2.06. The second-order valence-electron chi connectivity index (χ2n) is 4.67. The second-order valence-corrected chi connectivity index (χ2v) is 4.67. The van der Waals surface area contributed by atoms with E-state index in [1.807, 2.05) is 0 Å². The first-order valence-electron chi connectivity index (χ1n) is 6.22. The van der Waals surface area contributed by atoms with Crippen LogP contribution in [0, 0.1) is 10.1 Å². The molecule has 2 aromatic rings. The number of nitro groups is 1. The Kier molecular flexibility index (Phi) is 3.20. The van der Waals surface area contributed by atoms with Gasteiger partial charge >= 0.3 is 0 Å². The molecule has 2 heterocycles. The van der Waals surface area contributed by atoms with Crippen LogP contribution in [0.3, 0.4) is 0 Å². The summed E-state index contributed by atoms with van der Waals surface area (Å²) in [6, 6.07) is 4.47. The number of aliphatic hydroxyl groups is 2. The molecule has 0 radical (unpaired) electrons. The Morgan fingerprint density at radius 2 is 2.10 bits per heavy atom.